The van der Waals surface area contributed by atoms with Crippen LogP contribution in [0.5, 0.6) is 0 Å². The molecule has 2 aliphatic carbocycles. The summed E-state index contributed by atoms with van der Waals surface area (Å²) in [4.78, 5) is 13.7. The maximum Gasteiger partial charge on any atom is 0.201 e. The molecule has 0 aromatic heterocycles. The Kier molecular flexibility index (Phi) is 4.98. The van der Waals surface area contributed by atoms with Crippen molar-refractivity contribution in [2.24, 2.45) is 0 Å². The van der Waals surface area contributed by atoms with E-state index in [1.807, 2.05) is 19.1 Å². The molecule has 0 unspecified atom stereocenters. The van der Waals surface area contributed by atoms with Gasteiger partial charge in [-0.25, -0.2) is 0 Å². The molecular weight excluding hydrogens is 454 g/mol. The molecule has 37 heavy (non-hydrogen) atoms. The van der Waals surface area contributed by atoms with Crippen LogP contribution in [0.1, 0.15) is 64.7 Å². The second kappa shape index (κ2) is 7.82. The van der Waals surface area contributed by atoms with E-state index in [2.05, 4.69) is 94.5 Å². The predicted molar refractivity (Wildman–Crippen MR) is 153 cm³/mol. The van der Waals surface area contributed by atoms with Crippen molar-refractivity contribution in [1.29, 1.82) is 0 Å². The number of rotatable bonds is 3. The summed E-state index contributed by atoms with van der Waals surface area (Å²) in [5, 5.41) is 17.4. The standard InChI is InChI=1S/C34H33NO2/c1-7-22(32-34(5,6)24-14-10-11-15-26(24)35-32)28-30(36)27(31(28)37)19(2)25-18-21-17-16-20-12-8-9-13-23(20)29(21)33(25,3)4/h8-18,35-36H,7H2,1-6H3/b27-19-,32-22+. The Hall–Kier alpha value is -3.85. The second-order valence-electron chi connectivity index (χ2n) is 11.5. The highest BCUT2D eigenvalue weighted by molar-refractivity contribution is 6.23. The average molecular weight is 488 g/mol. The van der Waals surface area contributed by atoms with Crippen molar-refractivity contribution in [3.8, 4) is 0 Å². The van der Waals surface area contributed by atoms with E-state index < -0.39 is 0 Å². The molecule has 0 saturated heterocycles. The zero-order chi connectivity index (χ0) is 26.3. The third kappa shape index (κ3) is 3.10. The zero-order valence-corrected chi connectivity index (χ0v) is 22.4. The highest BCUT2D eigenvalue weighted by Crippen LogP contribution is 2.52. The topological polar surface area (TPSA) is 49.3 Å². The summed E-state index contributed by atoms with van der Waals surface area (Å²) in [6, 6.07) is 21.0. The van der Waals surface area contributed by atoms with Gasteiger partial charge in [-0.1, -0.05) is 95.3 Å². The number of aliphatic hydroxyl groups is 1. The van der Waals surface area contributed by atoms with Crippen LogP contribution in [0, 0.1) is 0 Å². The fourth-order valence-electron chi connectivity index (χ4n) is 6.81. The Morgan fingerprint density at radius 2 is 1.62 bits per heavy atom. The number of carbonyl (C=O) groups excluding carboxylic acids is 1. The van der Waals surface area contributed by atoms with Crippen LogP contribution >= 0.6 is 0 Å². The molecule has 1 heterocycles. The molecule has 0 amide bonds. The van der Waals surface area contributed by atoms with Gasteiger partial charge in [0.05, 0.1) is 11.1 Å². The van der Waals surface area contributed by atoms with E-state index in [1.165, 1.54) is 27.5 Å². The molecule has 3 aromatic carbocycles. The molecule has 0 atom stereocenters. The first-order valence-electron chi connectivity index (χ1n) is 13.1. The molecule has 3 aromatic rings. The zero-order valence-electron chi connectivity index (χ0n) is 22.4. The first-order chi connectivity index (χ1) is 17.6. The van der Waals surface area contributed by atoms with Gasteiger partial charge in [-0.2, -0.15) is 0 Å². The van der Waals surface area contributed by atoms with Gasteiger partial charge in [0.15, 0.2) is 0 Å². The molecule has 0 radical (unpaired) electrons. The van der Waals surface area contributed by atoms with Gasteiger partial charge >= 0.3 is 0 Å². The Labute approximate surface area is 218 Å². The fraction of sp³-hybridized carbons (Fsp3) is 0.265. The lowest BCUT2D eigenvalue weighted by molar-refractivity contribution is -0.113. The maximum atomic E-state index is 13.7. The summed E-state index contributed by atoms with van der Waals surface area (Å²) < 4.78 is 0. The fourth-order valence-corrected chi connectivity index (χ4v) is 6.81. The Bertz CT molecular complexity index is 1660. The van der Waals surface area contributed by atoms with Crippen molar-refractivity contribution in [2.75, 3.05) is 5.32 Å². The largest absolute Gasteiger partial charge is 0.506 e. The van der Waals surface area contributed by atoms with Crippen LogP contribution in [-0.4, -0.2) is 10.9 Å². The first-order valence-corrected chi connectivity index (χ1v) is 13.1. The summed E-state index contributed by atoms with van der Waals surface area (Å²) >= 11 is 0. The molecule has 6 rings (SSSR count). The van der Waals surface area contributed by atoms with Crippen molar-refractivity contribution in [3.63, 3.8) is 0 Å². The molecule has 0 fully saturated rings. The van der Waals surface area contributed by atoms with Crippen LogP contribution in [0.25, 0.3) is 16.8 Å². The number of benzene rings is 3. The lowest BCUT2D eigenvalue weighted by Gasteiger charge is -2.32. The van der Waals surface area contributed by atoms with Gasteiger partial charge in [0.25, 0.3) is 0 Å². The lowest BCUT2D eigenvalue weighted by Crippen LogP contribution is -2.30. The smallest absolute Gasteiger partial charge is 0.201 e. The van der Waals surface area contributed by atoms with E-state index in [1.54, 1.807) is 0 Å². The molecule has 3 heteroatoms. The SMILES string of the molecule is CC/C(C1=C(O)/C(=C(\C)C2=Cc3ccc4ccccc4c3C2(C)C)C1=O)=C1\Nc2ccccc2C1(C)C. The number of hydrogen-bond donors (Lipinski definition) is 2. The number of hydrogen-bond acceptors (Lipinski definition) is 3. The normalized spacial score (nSPS) is 21.8. The van der Waals surface area contributed by atoms with Gasteiger partial charge < -0.3 is 10.4 Å². The summed E-state index contributed by atoms with van der Waals surface area (Å²) in [6.07, 6.45) is 2.85. The van der Waals surface area contributed by atoms with Crippen LogP contribution in [0.3, 0.4) is 0 Å². The van der Waals surface area contributed by atoms with Gasteiger partial charge in [-0.15, -0.1) is 0 Å². The number of anilines is 1. The van der Waals surface area contributed by atoms with E-state index in [4.69, 9.17) is 0 Å². The number of Topliss-reactive ketones (excluding diaryl/α,β-unsaturated/α-hetero) is 1. The summed E-state index contributed by atoms with van der Waals surface area (Å²) in [6.45, 7) is 12.8. The first kappa shape index (κ1) is 23.5. The predicted octanol–water partition coefficient (Wildman–Crippen LogP) is 8.29. The highest BCUT2D eigenvalue weighted by atomic mass is 16.3. The minimum Gasteiger partial charge on any atom is -0.506 e. The molecule has 0 saturated carbocycles. The molecule has 0 bridgehead atoms. The van der Waals surface area contributed by atoms with Crippen molar-refractivity contribution in [2.45, 2.75) is 58.8 Å². The third-order valence-electron chi connectivity index (χ3n) is 8.71. The van der Waals surface area contributed by atoms with E-state index in [9.17, 15) is 9.90 Å². The Morgan fingerprint density at radius 1 is 0.919 bits per heavy atom. The number of ketones is 1. The Morgan fingerprint density at radius 3 is 2.32 bits per heavy atom. The maximum absolute atomic E-state index is 13.7. The van der Waals surface area contributed by atoms with Gasteiger partial charge in [-0.3, -0.25) is 4.79 Å². The van der Waals surface area contributed by atoms with Crippen molar-refractivity contribution < 1.29 is 9.90 Å². The highest BCUT2D eigenvalue weighted by Gasteiger charge is 2.45. The molecule has 3 nitrogen and oxygen atoms in total. The molecule has 3 aliphatic rings. The van der Waals surface area contributed by atoms with Gasteiger partial charge in [-0.05, 0) is 63.6 Å². The van der Waals surface area contributed by atoms with E-state index >= 15 is 0 Å². The number of para-hydroxylation sites is 1. The minimum atomic E-state index is -0.285. The third-order valence-corrected chi connectivity index (χ3v) is 8.71. The molecule has 2 N–H and O–H groups in total. The summed E-state index contributed by atoms with van der Waals surface area (Å²) in [5.74, 6) is 0.0586. The number of allylic oxidation sites excluding steroid dienone is 6. The van der Waals surface area contributed by atoms with Crippen LogP contribution in [-0.2, 0) is 15.6 Å². The number of nitrogens with one attached hydrogen (secondary N) is 1. The molecule has 186 valence electrons. The minimum absolute atomic E-state index is 0.0644. The van der Waals surface area contributed by atoms with E-state index in [0.29, 0.717) is 17.6 Å². The van der Waals surface area contributed by atoms with Crippen molar-refractivity contribution in [1.82, 2.24) is 0 Å². The van der Waals surface area contributed by atoms with Crippen molar-refractivity contribution in [3.05, 3.63) is 117 Å². The van der Waals surface area contributed by atoms with Crippen LogP contribution < -0.4 is 5.32 Å². The van der Waals surface area contributed by atoms with E-state index in [0.717, 1.165) is 28.1 Å². The van der Waals surface area contributed by atoms with Gasteiger partial charge in [0.2, 0.25) is 5.78 Å². The van der Waals surface area contributed by atoms with Gasteiger partial charge in [0, 0.05) is 22.2 Å². The molecule has 1 aliphatic heterocycles. The van der Waals surface area contributed by atoms with Crippen LogP contribution in [0.15, 0.2) is 100.0 Å². The Balaban J connectivity index is 1.46. The summed E-state index contributed by atoms with van der Waals surface area (Å²) in [7, 11) is 0. The lowest BCUT2D eigenvalue weighted by atomic mass is 9.71. The number of aliphatic hydroxyl groups excluding tert-OH is 1. The summed E-state index contributed by atoms with van der Waals surface area (Å²) in [5.41, 5.74) is 8.93. The van der Waals surface area contributed by atoms with Crippen molar-refractivity contribution >= 4 is 28.3 Å². The second-order valence-corrected chi connectivity index (χ2v) is 11.5. The monoisotopic (exact) mass is 487 g/mol. The average Bonchev–Trinajstić information content (AvgIpc) is 3.31. The molecule has 0 spiro atoms. The van der Waals surface area contributed by atoms with Crippen LogP contribution in [0.2, 0.25) is 0 Å². The number of fused-ring (bicyclic) bond motifs is 4. The van der Waals surface area contributed by atoms with Gasteiger partial charge in [0.1, 0.15) is 5.76 Å². The number of carbonyl (C=O) groups is 1. The molecular formula is C34H33NO2. The quantitative estimate of drug-likeness (QED) is 0.365. The van der Waals surface area contributed by atoms with E-state index in [-0.39, 0.29) is 22.4 Å². The van der Waals surface area contributed by atoms with Crippen LogP contribution in [0.4, 0.5) is 5.69 Å².